The highest BCUT2D eigenvalue weighted by Crippen LogP contribution is 2.28. The van der Waals surface area contributed by atoms with Crippen LogP contribution in [0.1, 0.15) is 34.1 Å². The Bertz CT molecular complexity index is 639. The van der Waals surface area contributed by atoms with E-state index in [0.29, 0.717) is 18.0 Å². The van der Waals surface area contributed by atoms with Gasteiger partial charge in [0, 0.05) is 17.6 Å². The van der Waals surface area contributed by atoms with Crippen molar-refractivity contribution in [2.24, 2.45) is 0 Å². The second-order valence-electron chi connectivity index (χ2n) is 5.54. The molecular formula is C17H21N3O2S. The van der Waals surface area contributed by atoms with Crippen molar-refractivity contribution < 1.29 is 9.53 Å². The molecule has 0 spiro atoms. The Morgan fingerprint density at radius 3 is 2.91 bits per heavy atom. The third kappa shape index (κ3) is 3.71. The van der Waals surface area contributed by atoms with Gasteiger partial charge in [-0.2, -0.15) is 0 Å². The molecule has 23 heavy (non-hydrogen) atoms. The summed E-state index contributed by atoms with van der Waals surface area (Å²) in [6.45, 7) is 2.78. The van der Waals surface area contributed by atoms with Gasteiger partial charge in [-0.1, -0.05) is 6.07 Å². The summed E-state index contributed by atoms with van der Waals surface area (Å²) in [6, 6.07) is 7.93. The predicted octanol–water partition coefficient (Wildman–Crippen LogP) is 2.72. The molecule has 1 saturated heterocycles. The SMILES string of the molecule is COc1ncccc1C(=O)NC[C@@H](c1cccs1)N1CCCC1. The van der Waals surface area contributed by atoms with Crippen LogP contribution in [0.4, 0.5) is 0 Å². The second kappa shape index (κ2) is 7.57. The van der Waals surface area contributed by atoms with Crippen LogP contribution in [-0.4, -0.2) is 42.5 Å². The van der Waals surface area contributed by atoms with Gasteiger partial charge in [0.25, 0.3) is 5.91 Å². The number of carbonyl (C=O) groups excluding carboxylic acids is 1. The Labute approximate surface area is 140 Å². The highest BCUT2D eigenvalue weighted by molar-refractivity contribution is 7.10. The number of aromatic nitrogens is 1. The van der Waals surface area contributed by atoms with Crippen LogP contribution in [-0.2, 0) is 0 Å². The van der Waals surface area contributed by atoms with Gasteiger partial charge < -0.3 is 10.1 Å². The van der Waals surface area contributed by atoms with Crippen molar-refractivity contribution in [1.29, 1.82) is 0 Å². The van der Waals surface area contributed by atoms with Gasteiger partial charge in [0.05, 0.1) is 13.2 Å². The molecule has 0 bridgehead atoms. The van der Waals surface area contributed by atoms with Crippen LogP contribution in [0.5, 0.6) is 5.88 Å². The summed E-state index contributed by atoms with van der Waals surface area (Å²) in [5.41, 5.74) is 0.473. The zero-order chi connectivity index (χ0) is 16.1. The van der Waals surface area contributed by atoms with Gasteiger partial charge in [-0.3, -0.25) is 9.69 Å². The third-order valence-electron chi connectivity index (χ3n) is 4.12. The Morgan fingerprint density at radius 2 is 2.22 bits per heavy atom. The first-order valence-corrected chi connectivity index (χ1v) is 8.72. The largest absolute Gasteiger partial charge is 0.480 e. The Balaban J connectivity index is 1.70. The number of hydrogen-bond acceptors (Lipinski definition) is 5. The smallest absolute Gasteiger partial charge is 0.256 e. The fourth-order valence-corrected chi connectivity index (χ4v) is 3.82. The zero-order valence-electron chi connectivity index (χ0n) is 13.2. The maximum absolute atomic E-state index is 12.5. The van der Waals surface area contributed by atoms with E-state index < -0.39 is 0 Å². The molecule has 6 heteroatoms. The van der Waals surface area contributed by atoms with Crippen LogP contribution in [0, 0.1) is 0 Å². The second-order valence-corrected chi connectivity index (χ2v) is 6.52. The molecule has 0 radical (unpaired) electrons. The first-order valence-electron chi connectivity index (χ1n) is 7.84. The number of thiophene rings is 1. The Kier molecular flexibility index (Phi) is 5.25. The van der Waals surface area contributed by atoms with Crippen LogP contribution >= 0.6 is 11.3 Å². The monoisotopic (exact) mass is 331 g/mol. The Hall–Kier alpha value is -1.92. The molecule has 1 aliphatic heterocycles. The number of amides is 1. The number of nitrogens with one attached hydrogen (secondary N) is 1. The molecule has 1 fully saturated rings. The molecule has 2 aromatic rings. The van der Waals surface area contributed by atoms with Crippen LogP contribution in [0.3, 0.4) is 0 Å². The minimum absolute atomic E-state index is 0.143. The van der Waals surface area contributed by atoms with Gasteiger partial charge >= 0.3 is 0 Å². The molecular weight excluding hydrogens is 310 g/mol. The molecule has 5 nitrogen and oxygen atoms in total. The molecule has 1 amide bonds. The number of carbonyl (C=O) groups is 1. The van der Waals surface area contributed by atoms with E-state index >= 15 is 0 Å². The van der Waals surface area contributed by atoms with Gasteiger partial charge in [-0.25, -0.2) is 4.98 Å². The first-order chi connectivity index (χ1) is 11.3. The molecule has 1 atom stereocenters. The van der Waals surface area contributed by atoms with Crippen molar-refractivity contribution in [1.82, 2.24) is 15.2 Å². The Morgan fingerprint density at radius 1 is 1.39 bits per heavy atom. The van der Waals surface area contributed by atoms with Gasteiger partial charge in [0.15, 0.2) is 0 Å². The van der Waals surface area contributed by atoms with Crippen molar-refractivity contribution in [3.8, 4) is 5.88 Å². The number of hydrogen-bond donors (Lipinski definition) is 1. The fourth-order valence-electron chi connectivity index (χ4n) is 2.95. The van der Waals surface area contributed by atoms with Crippen LogP contribution in [0.2, 0.25) is 0 Å². The first kappa shape index (κ1) is 16.0. The molecule has 3 heterocycles. The lowest BCUT2D eigenvalue weighted by Crippen LogP contribution is -2.36. The molecule has 122 valence electrons. The van der Waals surface area contributed by atoms with Crippen LogP contribution in [0.15, 0.2) is 35.8 Å². The van der Waals surface area contributed by atoms with E-state index in [1.54, 1.807) is 29.7 Å². The molecule has 2 aromatic heterocycles. The van der Waals surface area contributed by atoms with E-state index in [-0.39, 0.29) is 11.9 Å². The number of likely N-dealkylation sites (tertiary alicyclic amines) is 1. The van der Waals surface area contributed by atoms with E-state index in [4.69, 9.17) is 4.74 Å². The molecule has 1 aliphatic rings. The topological polar surface area (TPSA) is 54.5 Å². The average molecular weight is 331 g/mol. The highest BCUT2D eigenvalue weighted by atomic mass is 32.1. The fraction of sp³-hybridized carbons (Fsp3) is 0.412. The summed E-state index contributed by atoms with van der Waals surface area (Å²) in [5, 5.41) is 5.13. The highest BCUT2D eigenvalue weighted by Gasteiger charge is 2.25. The zero-order valence-corrected chi connectivity index (χ0v) is 14.0. The van der Waals surface area contributed by atoms with Gasteiger partial charge in [0.1, 0.15) is 5.56 Å². The summed E-state index contributed by atoms with van der Waals surface area (Å²) in [7, 11) is 1.53. The molecule has 0 aromatic carbocycles. The number of pyridine rings is 1. The van der Waals surface area contributed by atoms with Crippen molar-refractivity contribution >= 4 is 17.2 Å². The summed E-state index contributed by atoms with van der Waals surface area (Å²) < 4.78 is 5.17. The maximum Gasteiger partial charge on any atom is 0.256 e. The van der Waals surface area contributed by atoms with E-state index in [2.05, 4.69) is 32.7 Å². The molecule has 3 rings (SSSR count). The minimum atomic E-state index is -0.143. The summed E-state index contributed by atoms with van der Waals surface area (Å²) in [6.07, 6.45) is 4.08. The number of ether oxygens (including phenoxy) is 1. The lowest BCUT2D eigenvalue weighted by atomic mass is 10.2. The lowest BCUT2D eigenvalue weighted by Gasteiger charge is -2.27. The predicted molar refractivity (Wildman–Crippen MR) is 91.0 cm³/mol. The van der Waals surface area contributed by atoms with E-state index in [9.17, 15) is 4.79 Å². The summed E-state index contributed by atoms with van der Waals surface area (Å²) >= 11 is 1.74. The van der Waals surface area contributed by atoms with E-state index in [1.165, 1.54) is 24.8 Å². The summed E-state index contributed by atoms with van der Waals surface area (Å²) in [4.78, 5) is 20.3. The van der Waals surface area contributed by atoms with Crippen LogP contribution in [0.25, 0.3) is 0 Å². The standard InChI is InChI=1S/C17H21N3O2S/c1-22-17-13(6-4-8-18-17)16(21)19-12-14(15-7-5-11-23-15)20-9-2-3-10-20/h4-8,11,14H,2-3,9-10,12H2,1H3,(H,19,21)/t14-/m0/s1. The average Bonchev–Trinajstić information content (AvgIpc) is 3.29. The van der Waals surface area contributed by atoms with Gasteiger partial charge in [-0.05, 0) is 49.5 Å². The van der Waals surface area contributed by atoms with E-state index in [0.717, 1.165) is 13.1 Å². The van der Waals surface area contributed by atoms with Gasteiger partial charge in [0.2, 0.25) is 5.88 Å². The van der Waals surface area contributed by atoms with E-state index in [1.807, 2.05) is 0 Å². The molecule has 1 N–H and O–H groups in total. The number of methoxy groups -OCH3 is 1. The normalized spacial score (nSPS) is 16.2. The minimum Gasteiger partial charge on any atom is -0.480 e. The lowest BCUT2D eigenvalue weighted by molar-refractivity contribution is 0.0934. The van der Waals surface area contributed by atoms with Crippen molar-refractivity contribution in [2.75, 3.05) is 26.7 Å². The third-order valence-corrected chi connectivity index (χ3v) is 5.09. The van der Waals surface area contributed by atoms with Crippen molar-refractivity contribution in [3.63, 3.8) is 0 Å². The van der Waals surface area contributed by atoms with Gasteiger partial charge in [-0.15, -0.1) is 11.3 Å². The van der Waals surface area contributed by atoms with Crippen LogP contribution < -0.4 is 10.1 Å². The summed E-state index contributed by atoms with van der Waals surface area (Å²) in [5.74, 6) is 0.217. The number of nitrogens with zero attached hydrogens (tertiary/aromatic N) is 2. The van der Waals surface area contributed by atoms with Crippen molar-refractivity contribution in [3.05, 3.63) is 46.3 Å². The molecule has 0 saturated carbocycles. The molecule has 0 unspecified atom stereocenters. The maximum atomic E-state index is 12.5. The molecule has 0 aliphatic carbocycles. The van der Waals surface area contributed by atoms with Crippen molar-refractivity contribution in [2.45, 2.75) is 18.9 Å². The quantitative estimate of drug-likeness (QED) is 0.884. The number of rotatable bonds is 6.